The van der Waals surface area contributed by atoms with Gasteiger partial charge in [-0.2, -0.15) is 0 Å². The van der Waals surface area contributed by atoms with Gasteiger partial charge in [-0.05, 0) is 39.5 Å². The molecule has 0 amide bonds. The molecule has 0 spiro atoms. The van der Waals surface area contributed by atoms with Crippen molar-refractivity contribution in [2.45, 2.75) is 40.7 Å². The zero-order valence-corrected chi connectivity index (χ0v) is 11.3. The van der Waals surface area contributed by atoms with Crippen LogP contribution in [0.25, 0.3) is 0 Å². The maximum absolute atomic E-state index is 11.6. The molecule has 5 heteroatoms. The monoisotopic (exact) mass is 248 g/mol. The summed E-state index contributed by atoms with van der Waals surface area (Å²) in [7, 11) is 0. The van der Waals surface area contributed by atoms with E-state index in [0.29, 0.717) is 12.4 Å². The van der Waals surface area contributed by atoms with Crippen molar-refractivity contribution in [2.24, 2.45) is 5.41 Å². The van der Waals surface area contributed by atoms with Crippen LogP contribution in [0.15, 0.2) is 0 Å². The molecule has 0 N–H and O–H groups in total. The molecule has 16 heavy (non-hydrogen) atoms. The second kappa shape index (κ2) is 6.78. The van der Waals surface area contributed by atoms with Crippen molar-refractivity contribution in [2.75, 3.05) is 12.4 Å². The van der Waals surface area contributed by atoms with Crippen molar-refractivity contribution in [1.29, 1.82) is 0 Å². The van der Waals surface area contributed by atoms with Crippen LogP contribution >= 0.6 is 11.8 Å². The Labute approximate surface area is 101 Å². The van der Waals surface area contributed by atoms with E-state index >= 15 is 0 Å². The van der Waals surface area contributed by atoms with Gasteiger partial charge in [0, 0.05) is 5.75 Å². The van der Waals surface area contributed by atoms with Gasteiger partial charge in [-0.1, -0.05) is 6.92 Å². The van der Waals surface area contributed by atoms with E-state index in [1.807, 2.05) is 6.92 Å². The topological polar surface area (TPSA) is 52.6 Å². The Kier molecular flexibility index (Phi) is 6.48. The number of esters is 1. The van der Waals surface area contributed by atoms with Crippen molar-refractivity contribution in [3.63, 3.8) is 0 Å². The number of rotatable bonds is 5. The standard InChI is InChI=1S/C11H20O4S/c1-6-14-9(12)11(4,5)8(3)15-10(13)16-7-2/h8H,6-7H2,1-5H3. The van der Waals surface area contributed by atoms with Crippen LogP contribution in [0.3, 0.4) is 0 Å². The second-order valence-electron chi connectivity index (χ2n) is 3.89. The number of hydrogen-bond donors (Lipinski definition) is 0. The molecule has 4 nitrogen and oxygen atoms in total. The summed E-state index contributed by atoms with van der Waals surface area (Å²) in [5, 5.41) is -0.354. The molecule has 0 aromatic carbocycles. The van der Waals surface area contributed by atoms with Crippen LogP contribution in [0.4, 0.5) is 4.79 Å². The van der Waals surface area contributed by atoms with E-state index in [1.165, 1.54) is 0 Å². The van der Waals surface area contributed by atoms with Gasteiger partial charge in [0.05, 0.1) is 12.0 Å². The lowest BCUT2D eigenvalue weighted by atomic mass is 9.87. The number of ether oxygens (including phenoxy) is 2. The molecule has 0 aromatic heterocycles. The van der Waals surface area contributed by atoms with Gasteiger partial charge in [-0.25, -0.2) is 4.79 Å². The first-order valence-corrected chi connectivity index (χ1v) is 6.35. The Bertz CT molecular complexity index is 250. The van der Waals surface area contributed by atoms with Gasteiger partial charge in [0.1, 0.15) is 6.10 Å². The fourth-order valence-corrected chi connectivity index (χ4v) is 1.37. The van der Waals surface area contributed by atoms with E-state index in [1.54, 1.807) is 27.7 Å². The average Bonchev–Trinajstić information content (AvgIpc) is 2.18. The highest BCUT2D eigenvalue weighted by Crippen LogP contribution is 2.26. The Morgan fingerprint density at radius 1 is 1.31 bits per heavy atom. The van der Waals surface area contributed by atoms with Gasteiger partial charge in [0.15, 0.2) is 0 Å². The highest BCUT2D eigenvalue weighted by molar-refractivity contribution is 8.13. The largest absolute Gasteiger partial charge is 0.465 e. The summed E-state index contributed by atoms with van der Waals surface area (Å²) in [6, 6.07) is 0. The lowest BCUT2D eigenvalue weighted by Crippen LogP contribution is -2.39. The highest BCUT2D eigenvalue weighted by atomic mass is 32.2. The third-order valence-corrected chi connectivity index (χ3v) is 2.97. The van der Waals surface area contributed by atoms with Gasteiger partial charge < -0.3 is 9.47 Å². The summed E-state index contributed by atoms with van der Waals surface area (Å²) in [4.78, 5) is 22.9. The predicted octanol–water partition coefficient (Wildman–Crippen LogP) is 2.85. The van der Waals surface area contributed by atoms with Crippen molar-refractivity contribution < 1.29 is 19.1 Å². The van der Waals surface area contributed by atoms with Gasteiger partial charge in [0.25, 0.3) is 0 Å². The molecular weight excluding hydrogens is 228 g/mol. The van der Waals surface area contributed by atoms with Gasteiger partial charge in [-0.3, -0.25) is 4.79 Å². The van der Waals surface area contributed by atoms with Crippen LogP contribution in [0.1, 0.15) is 34.6 Å². The van der Waals surface area contributed by atoms with Crippen molar-refractivity contribution >= 4 is 23.0 Å². The number of thioether (sulfide) groups is 1. The van der Waals surface area contributed by atoms with Crippen molar-refractivity contribution in [1.82, 2.24) is 0 Å². The Hall–Kier alpha value is -0.710. The summed E-state index contributed by atoms with van der Waals surface area (Å²) in [6.45, 7) is 9.06. The number of hydrogen-bond acceptors (Lipinski definition) is 5. The van der Waals surface area contributed by atoms with Crippen LogP contribution in [0, 0.1) is 5.41 Å². The number of carbonyl (C=O) groups is 2. The van der Waals surface area contributed by atoms with Crippen LogP contribution in [0.5, 0.6) is 0 Å². The molecule has 0 aliphatic carbocycles. The fourth-order valence-electron chi connectivity index (χ4n) is 0.927. The quantitative estimate of drug-likeness (QED) is 0.700. The van der Waals surface area contributed by atoms with Crippen LogP contribution in [-0.4, -0.2) is 29.7 Å². The molecular formula is C11H20O4S. The van der Waals surface area contributed by atoms with Gasteiger partial charge in [0.2, 0.25) is 0 Å². The first-order valence-electron chi connectivity index (χ1n) is 5.36. The fraction of sp³-hybridized carbons (Fsp3) is 0.818. The third-order valence-electron chi connectivity index (χ3n) is 2.35. The molecule has 0 aromatic rings. The Balaban J connectivity index is 4.39. The summed E-state index contributed by atoms with van der Waals surface area (Å²) < 4.78 is 10.1. The SMILES string of the molecule is CCOC(=O)C(C)(C)C(C)OC(=O)SCC. The zero-order chi connectivity index (χ0) is 12.8. The molecule has 0 radical (unpaired) electrons. The Morgan fingerprint density at radius 2 is 1.88 bits per heavy atom. The molecule has 0 saturated heterocycles. The molecule has 0 aliphatic heterocycles. The molecule has 0 aliphatic rings. The van der Waals surface area contributed by atoms with Crippen molar-refractivity contribution in [3.8, 4) is 0 Å². The summed E-state index contributed by atoms with van der Waals surface area (Å²) in [5.74, 6) is 0.308. The highest BCUT2D eigenvalue weighted by Gasteiger charge is 2.38. The molecule has 0 bridgehead atoms. The molecule has 0 saturated carbocycles. The van der Waals surface area contributed by atoms with Crippen LogP contribution in [0.2, 0.25) is 0 Å². The van der Waals surface area contributed by atoms with E-state index < -0.39 is 11.5 Å². The normalized spacial score (nSPS) is 13.1. The minimum absolute atomic E-state index is 0.326. The first kappa shape index (κ1) is 15.3. The molecule has 94 valence electrons. The summed E-state index contributed by atoms with van der Waals surface area (Å²) in [6.07, 6.45) is -0.502. The second-order valence-corrected chi connectivity index (χ2v) is 5.08. The minimum Gasteiger partial charge on any atom is -0.465 e. The van der Waals surface area contributed by atoms with Gasteiger partial charge >= 0.3 is 11.3 Å². The van der Waals surface area contributed by atoms with E-state index in [2.05, 4.69) is 0 Å². The molecule has 0 fully saturated rings. The van der Waals surface area contributed by atoms with E-state index in [0.717, 1.165) is 11.8 Å². The lowest BCUT2D eigenvalue weighted by molar-refractivity contribution is -0.158. The minimum atomic E-state index is -0.819. The number of carbonyl (C=O) groups excluding carboxylic acids is 2. The molecule has 0 heterocycles. The molecule has 0 rings (SSSR count). The van der Waals surface area contributed by atoms with E-state index in [4.69, 9.17) is 9.47 Å². The lowest BCUT2D eigenvalue weighted by Gasteiger charge is -2.28. The third kappa shape index (κ3) is 4.43. The smallest absolute Gasteiger partial charge is 0.367 e. The molecule has 1 atom stereocenters. The van der Waals surface area contributed by atoms with Crippen molar-refractivity contribution in [3.05, 3.63) is 0 Å². The summed E-state index contributed by atoms with van der Waals surface area (Å²) in [5.41, 5.74) is -0.819. The van der Waals surface area contributed by atoms with Crippen LogP contribution < -0.4 is 0 Å². The van der Waals surface area contributed by atoms with E-state index in [-0.39, 0.29) is 11.3 Å². The maximum atomic E-state index is 11.6. The average molecular weight is 248 g/mol. The maximum Gasteiger partial charge on any atom is 0.367 e. The first-order chi connectivity index (χ1) is 7.36. The van der Waals surface area contributed by atoms with Crippen LogP contribution in [-0.2, 0) is 14.3 Å². The zero-order valence-electron chi connectivity index (χ0n) is 10.5. The Morgan fingerprint density at radius 3 is 2.31 bits per heavy atom. The van der Waals surface area contributed by atoms with E-state index in [9.17, 15) is 9.59 Å². The summed E-state index contributed by atoms with van der Waals surface area (Å²) >= 11 is 1.09. The molecule has 1 unspecified atom stereocenters. The predicted molar refractivity (Wildman–Crippen MR) is 64.5 cm³/mol. The van der Waals surface area contributed by atoms with Gasteiger partial charge in [-0.15, -0.1) is 0 Å².